The van der Waals surface area contributed by atoms with E-state index in [9.17, 15) is 9.59 Å². The molecule has 0 heterocycles. The molecule has 100 valence electrons. The average Bonchev–Trinajstić information content (AvgIpc) is 2.11. The second-order valence-corrected chi connectivity index (χ2v) is 4.80. The third kappa shape index (κ3) is 6.97. The van der Waals surface area contributed by atoms with Crippen LogP contribution < -0.4 is 0 Å². The number of carbonyl (C=O) groups excluding carboxylic acids is 2. The van der Waals surface area contributed by atoms with E-state index in [2.05, 4.69) is 0 Å². The highest BCUT2D eigenvalue weighted by Crippen LogP contribution is 2.29. The van der Waals surface area contributed by atoms with Crippen LogP contribution in [0, 0.1) is 5.92 Å². The van der Waals surface area contributed by atoms with Gasteiger partial charge in [0.25, 0.3) is 5.79 Å². The summed E-state index contributed by atoms with van der Waals surface area (Å²) < 4.78 is 10.6. The molecule has 0 aliphatic carbocycles. The predicted molar refractivity (Wildman–Crippen MR) is 65.2 cm³/mol. The molecule has 0 aromatic heterocycles. The number of hydrogen-bond acceptors (Lipinski definition) is 4. The molecule has 4 heteroatoms. The summed E-state index contributed by atoms with van der Waals surface area (Å²) in [5, 5.41) is 0. The Morgan fingerprint density at radius 2 is 1.59 bits per heavy atom. The summed E-state index contributed by atoms with van der Waals surface area (Å²) in [5.74, 6) is -1.63. The van der Waals surface area contributed by atoms with Crippen molar-refractivity contribution in [3.63, 3.8) is 0 Å². The van der Waals surface area contributed by atoms with E-state index in [1.807, 2.05) is 20.8 Å². The monoisotopic (exact) mass is 244 g/mol. The molecular formula is C13H24O4. The van der Waals surface area contributed by atoms with E-state index in [-0.39, 0.29) is 5.92 Å². The van der Waals surface area contributed by atoms with Gasteiger partial charge in [0.1, 0.15) is 0 Å². The fraction of sp³-hybridized carbons (Fsp3) is 0.846. The molecule has 0 spiro atoms. The number of carbonyl (C=O) groups is 2. The summed E-state index contributed by atoms with van der Waals surface area (Å²) >= 11 is 0. The molecule has 0 bridgehead atoms. The van der Waals surface area contributed by atoms with Gasteiger partial charge in [0.2, 0.25) is 0 Å². The molecule has 0 saturated carbocycles. The molecular weight excluding hydrogens is 220 g/mol. The molecule has 0 atom stereocenters. The van der Waals surface area contributed by atoms with Crippen molar-refractivity contribution in [2.24, 2.45) is 5.92 Å². The lowest BCUT2D eigenvalue weighted by Gasteiger charge is -2.33. The maximum atomic E-state index is 11.2. The van der Waals surface area contributed by atoms with Crippen molar-refractivity contribution in [3.8, 4) is 0 Å². The lowest BCUT2D eigenvalue weighted by molar-refractivity contribution is -0.234. The van der Waals surface area contributed by atoms with Gasteiger partial charge in [-0.2, -0.15) is 0 Å². The van der Waals surface area contributed by atoms with E-state index in [1.165, 1.54) is 13.8 Å². The van der Waals surface area contributed by atoms with Crippen molar-refractivity contribution in [3.05, 3.63) is 0 Å². The van der Waals surface area contributed by atoms with E-state index < -0.39 is 17.7 Å². The summed E-state index contributed by atoms with van der Waals surface area (Å²) in [6.45, 7) is 8.73. The molecule has 17 heavy (non-hydrogen) atoms. The highest BCUT2D eigenvalue weighted by molar-refractivity contribution is 5.68. The zero-order valence-corrected chi connectivity index (χ0v) is 11.5. The number of hydrogen-bond donors (Lipinski definition) is 0. The minimum atomic E-state index is -1.08. The van der Waals surface area contributed by atoms with Crippen LogP contribution >= 0.6 is 0 Å². The molecule has 0 aromatic carbocycles. The van der Waals surface area contributed by atoms with E-state index in [4.69, 9.17) is 9.47 Å². The van der Waals surface area contributed by atoms with Gasteiger partial charge in [-0.05, 0) is 12.3 Å². The maximum absolute atomic E-state index is 11.2. The first-order valence-corrected chi connectivity index (χ1v) is 6.20. The van der Waals surface area contributed by atoms with E-state index in [1.54, 1.807) is 0 Å². The zero-order valence-electron chi connectivity index (χ0n) is 11.5. The van der Waals surface area contributed by atoms with E-state index >= 15 is 0 Å². The summed E-state index contributed by atoms with van der Waals surface area (Å²) in [7, 11) is 0. The van der Waals surface area contributed by atoms with Gasteiger partial charge in [-0.3, -0.25) is 9.59 Å². The number of unbranched alkanes of at least 4 members (excludes halogenated alkanes) is 1. The van der Waals surface area contributed by atoms with Crippen LogP contribution in [-0.2, 0) is 19.1 Å². The highest BCUT2D eigenvalue weighted by atomic mass is 16.7. The fourth-order valence-corrected chi connectivity index (χ4v) is 1.90. The Morgan fingerprint density at radius 1 is 1.12 bits per heavy atom. The molecule has 0 radical (unpaired) electrons. The average molecular weight is 244 g/mol. The van der Waals surface area contributed by atoms with Crippen LogP contribution in [0.3, 0.4) is 0 Å². The number of esters is 2. The van der Waals surface area contributed by atoms with E-state index in [0.29, 0.717) is 12.8 Å². The summed E-state index contributed by atoms with van der Waals surface area (Å²) in [6.07, 6.45) is 2.91. The first-order valence-electron chi connectivity index (χ1n) is 6.20. The van der Waals surface area contributed by atoms with Gasteiger partial charge in [-0.1, -0.05) is 27.2 Å². The lowest BCUT2D eigenvalue weighted by atomic mass is 9.97. The van der Waals surface area contributed by atoms with Crippen molar-refractivity contribution in [1.29, 1.82) is 0 Å². The van der Waals surface area contributed by atoms with Crippen molar-refractivity contribution < 1.29 is 19.1 Å². The Kier molecular flexibility index (Phi) is 6.85. The van der Waals surface area contributed by atoms with Crippen LogP contribution in [0.5, 0.6) is 0 Å². The second-order valence-electron chi connectivity index (χ2n) is 4.80. The first-order chi connectivity index (χ1) is 7.81. The van der Waals surface area contributed by atoms with Crippen LogP contribution in [0.25, 0.3) is 0 Å². The normalized spacial score (nSPS) is 11.4. The highest BCUT2D eigenvalue weighted by Gasteiger charge is 2.37. The molecule has 4 nitrogen and oxygen atoms in total. The molecule has 0 aliphatic heterocycles. The van der Waals surface area contributed by atoms with Crippen LogP contribution in [0.1, 0.15) is 60.3 Å². The maximum Gasteiger partial charge on any atom is 0.305 e. The zero-order chi connectivity index (χ0) is 13.5. The Morgan fingerprint density at radius 3 is 1.88 bits per heavy atom. The standard InChI is InChI=1S/C13H24O4/c1-6-7-8-13(9-10(2)3,16-11(4)14)17-12(5)15/h10H,6-9H2,1-5H3. The largest absolute Gasteiger partial charge is 0.423 e. The topological polar surface area (TPSA) is 52.6 Å². The first kappa shape index (κ1) is 15.9. The third-order valence-electron chi connectivity index (χ3n) is 2.29. The molecule has 0 amide bonds. The van der Waals surface area contributed by atoms with Gasteiger partial charge in [-0.25, -0.2) is 0 Å². The minimum Gasteiger partial charge on any atom is -0.423 e. The molecule has 0 rings (SSSR count). The summed E-state index contributed by atoms with van der Waals surface area (Å²) in [5.41, 5.74) is 0. The Bertz CT molecular complexity index is 242. The Balaban J connectivity index is 4.88. The van der Waals surface area contributed by atoms with Crippen LogP contribution in [-0.4, -0.2) is 17.7 Å². The molecule has 0 N–H and O–H groups in total. The van der Waals surface area contributed by atoms with Gasteiger partial charge in [0.15, 0.2) is 0 Å². The Hall–Kier alpha value is -1.06. The SMILES string of the molecule is CCCCC(CC(C)C)(OC(C)=O)OC(C)=O. The van der Waals surface area contributed by atoms with Gasteiger partial charge in [0, 0.05) is 26.7 Å². The number of ether oxygens (including phenoxy) is 2. The molecule has 0 fully saturated rings. The molecule has 0 unspecified atom stereocenters. The smallest absolute Gasteiger partial charge is 0.305 e. The van der Waals surface area contributed by atoms with Crippen LogP contribution in [0.15, 0.2) is 0 Å². The van der Waals surface area contributed by atoms with Crippen LogP contribution in [0.2, 0.25) is 0 Å². The molecule has 0 aromatic rings. The van der Waals surface area contributed by atoms with Crippen LogP contribution in [0.4, 0.5) is 0 Å². The van der Waals surface area contributed by atoms with Gasteiger partial charge in [0.05, 0.1) is 0 Å². The van der Waals surface area contributed by atoms with Crippen molar-refractivity contribution in [1.82, 2.24) is 0 Å². The Labute approximate surface area is 104 Å². The molecule has 0 saturated heterocycles. The number of rotatable bonds is 7. The summed E-state index contributed by atoms with van der Waals surface area (Å²) in [6, 6.07) is 0. The van der Waals surface area contributed by atoms with Crippen molar-refractivity contribution in [2.45, 2.75) is 66.1 Å². The van der Waals surface area contributed by atoms with Gasteiger partial charge < -0.3 is 9.47 Å². The fourth-order valence-electron chi connectivity index (χ4n) is 1.90. The van der Waals surface area contributed by atoms with Crippen molar-refractivity contribution >= 4 is 11.9 Å². The van der Waals surface area contributed by atoms with Gasteiger partial charge >= 0.3 is 11.9 Å². The van der Waals surface area contributed by atoms with E-state index in [0.717, 1.165) is 12.8 Å². The quantitative estimate of drug-likeness (QED) is 0.510. The van der Waals surface area contributed by atoms with Crippen molar-refractivity contribution in [2.75, 3.05) is 0 Å². The minimum absolute atomic E-state index is 0.283. The summed E-state index contributed by atoms with van der Waals surface area (Å²) in [4.78, 5) is 22.3. The molecule has 0 aliphatic rings. The third-order valence-corrected chi connectivity index (χ3v) is 2.29. The lowest BCUT2D eigenvalue weighted by Crippen LogP contribution is -2.40. The van der Waals surface area contributed by atoms with Gasteiger partial charge in [-0.15, -0.1) is 0 Å². The second kappa shape index (κ2) is 7.30. The predicted octanol–water partition coefficient (Wildman–Crippen LogP) is 3.05.